The minimum atomic E-state index is -1.38. The second-order valence-electron chi connectivity index (χ2n) is 5.34. The van der Waals surface area contributed by atoms with Crippen LogP contribution in [-0.4, -0.2) is 18.2 Å². The van der Waals surface area contributed by atoms with Crippen molar-refractivity contribution < 1.29 is 23.5 Å². The van der Waals surface area contributed by atoms with Crippen LogP contribution in [0.4, 0.5) is 10.1 Å². The minimum Gasteiger partial charge on any atom is -0.415 e. The highest BCUT2D eigenvalue weighted by Crippen LogP contribution is 2.29. The van der Waals surface area contributed by atoms with Crippen molar-refractivity contribution >= 4 is 29.2 Å². The number of nitrogens with one attached hydrogen (secondary N) is 1. The summed E-state index contributed by atoms with van der Waals surface area (Å²) in [7, 11) is 0. The van der Waals surface area contributed by atoms with Gasteiger partial charge < -0.3 is 14.8 Å². The number of hydrogen-bond acceptors (Lipinski definition) is 5. The van der Waals surface area contributed by atoms with Crippen LogP contribution in [0.25, 0.3) is 0 Å². The Labute approximate surface area is 148 Å². The smallest absolute Gasteiger partial charge is 0.355 e. The quantitative estimate of drug-likeness (QED) is 0.840. The molecule has 25 heavy (non-hydrogen) atoms. The molecule has 0 fully saturated rings. The summed E-state index contributed by atoms with van der Waals surface area (Å²) in [6.45, 7) is 1.93. The minimum absolute atomic E-state index is 0.0835. The van der Waals surface area contributed by atoms with Crippen molar-refractivity contribution in [2.24, 2.45) is 0 Å². The first-order valence-corrected chi connectivity index (χ1v) is 7.73. The van der Waals surface area contributed by atoms with Gasteiger partial charge in [0.1, 0.15) is 11.5 Å². The van der Waals surface area contributed by atoms with Crippen LogP contribution >= 0.6 is 11.6 Å². The van der Waals surface area contributed by atoms with E-state index in [0.29, 0.717) is 5.69 Å². The Kier molecular flexibility index (Phi) is 4.72. The van der Waals surface area contributed by atoms with Crippen LogP contribution in [-0.2, 0) is 14.3 Å². The molecular weight excluding hydrogens is 349 g/mol. The Hall–Kier alpha value is -2.86. The maximum absolute atomic E-state index is 13.7. The third kappa shape index (κ3) is 3.64. The number of aryl methyl sites for hydroxylation is 1. The molecular formula is C18H13ClFNO4. The Bertz CT molecular complexity index is 864. The van der Waals surface area contributed by atoms with Crippen LogP contribution in [0.1, 0.15) is 15.9 Å². The van der Waals surface area contributed by atoms with E-state index in [0.717, 1.165) is 11.6 Å². The van der Waals surface area contributed by atoms with Gasteiger partial charge in [0.05, 0.1) is 5.56 Å². The molecule has 0 amide bonds. The van der Waals surface area contributed by atoms with E-state index in [9.17, 15) is 14.0 Å². The molecule has 0 spiro atoms. The molecule has 2 aromatic carbocycles. The van der Waals surface area contributed by atoms with Gasteiger partial charge in [-0.2, -0.15) is 0 Å². The fourth-order valence-corrected chi connectivity index (χ4v) is 2.38. The SMILES string of the molecule is Cc1ccc(NC2=C(Cl)C(=O)O[C@@H]2OC(=O)c2ccccc2F)cc1. The molecule has 0 unspecified atom stereocenters. The van der Waals surface area contributed by atoms with Gasteiger partial charge in [-0.15, -0.1) is 0 Å². The Balaban J connectivity index is 1.80. The van der Waals surface area contributed by atoms with Crippen molar-refractivity contribution in [2.75, 3.05) is 5.32 Å². The average Bonchev–Trinajstić information content (AvgIpc) is 2.84. The van der Waals surface area contributed by atoms with E-state index in [1.165, 1.54) is 18.2 Å². The molecule has 1 heterocycles. The summed E-state index contributed by atoms with van der Waals surface area (Å²) < 4.78 is 23.7. The molecule has 1 atom stereocenters. The maximum Gasteiger partial charge on any atom is 0.355 e. The summed E-state index contributed by atoms with van der Waals surface area (Å²) in [5.74, 6) is -2.53. The maximum atomic E-state index is 13.7. The van der Waals surface area contributed by atoms with E-state index in [-0.39, 0.29) is 16.3 Å². The lowest BCUT2D eigenvalue weighted by Gasteiger charge is -2.16. The molecule has 3 rings (SSSR count). The summed E-state index contributed by atoms with van der Waals surface area (Å²) >= 11 is 5.94. The van der Waals surface area contributed by atoms with Crippen LogP contribution in [0.15, 0.2) is 59.3 Å². The number of ether oxygens (including phenoxy) is 2. The van der Waals surface area contributed by atoms with E-state index >= 15 is 0 Å². The molecule has 0 saturated heterocycles. The molecule has 1 N–H and O–H groups in total. The lowest BCUT2D eigenvalue weighted by atomic mass is 10.2. The highest BCUT2D eigenvalue weighted by atomic mass is 35.5. The Morgan fingerprint density at radius 3 is 2.56 bits per heavy atom. The van der Waals surface area contributed by atoms with Gasteiger partial charge in [-0.3, -0.25) is 0 Å². The molecule has 0 aromatic heterocycles. The van der Waals surface area contributed by atoms with Gasteiger partial charge in [0.2, 0.25) is 0 Å². The zero-order valence-corrected chi connectivity index (χ0v) is 13.8. The molecule has 7 heteroatoms. The molecule has 0 aliphatic carbocycles. The van der Waals surface area contributed by atoms with Gasteiger partial charge in [0, 0.05) is 5.69 Å². The van der Waals surface area contributed by atoms with Crippen molar-refractivity contribution in [1.82, 2.24) is 0 Å². The third-order valence-electron chi connectivity index (χ3n) is 3.50. The van der Waals surface area contributed by atoms with Gasteiger partial charge in [0.15, 0.2) is 5.03 Å². The predicted octanol–water partition coefficient (Wildman–Crippen LogP) is 3.74. The fraction of sp³-hybridized carbons (Fsp3) is 0.111. The van der Waals surface area contributed by atoms with Crippen molar-refractivity contribution in [3.8, 4) is 0 Å². The first-order chi connectivity index (χ1) is 12.0. The molecule has 0 bridgehead atoms. The van der Waals surface area contributed by atoms with Gasteiger partial charge in [-0.1, -0.05) is 41.4 Å². The number of halogens is 2. The monoisotopic (exact) mass is 361 g/mol. The molecule has 1 aliphatic heterocycles. The lowest BCUT2D eigenvalue weighted by molar-refractivity contribution is -0.152. The summed E-state index contributed by atoms with van der Waals surface area (Å²) in [6.07, 6.45) is -1.38. The van der Waals surface area contributed by atoms with Crippen LogP contribution in [0, 0.1) is 12.7 Å². The topological polar surface area (TPSA) is 64.6 Å². The van der Waals surface area contributed by atoms with E-state index in [1.807, 2.05) is 19.1 Å². The van der Waals surface area contributed by atoms with Crippen molar-refractivity contribution in [1.29, 1.82) is 0 Å². The van der Waals surface area contributed by atoms with Crippen molar-refractivity contribution in [3.63, 3.8) is 0 Å². The number of carbonyl (C=O) groups is 2. The standard InChI is InChI=1S/C18H13ClFNO4/c1-10-6-8-11(9-7-10)21-15-14(19)17(23)25-18(15)24-16(22)12-4-2-3-5-13(12)20/h2-9,18,21H,1H3/t18-/m0/s1. The highest BCUT2D eigenvalue weighted by molar-refractivity contribution is 6.42. The summed E-state index contributed by atoms with van der Waals surface area (Å²) in [4.78, 5) is 23.8. The number of esters is 2. The molecule has 0 saturated carbocycles. The summed E-state index contributed by atoms with van der Waals surface area (Å²) in [6, 6.07) is 12.6. The van der Waals surface area contributed by atoms with E-state index in [2.05, 4.69) is 5.32 Å². The second kappa shape index (κ2) is 6.94. The highest BCUT2D eigenvalue weighted by Gasteiger charge is 2.37. The second-order valence-corrected chi connectivity index (χ2v) is 5.72. The number of rotatable bonds is 4. The number of carbonyl (C=O) groups excluding carboxylic acids is 2. The number of anilines is 1. The lowest BCUT2D eigenvalue weighted by Crippen LogP contribution is -2.24. The number of benzene rings is 2. The molecule has 2 aromatic rings. The van der Waals surface area contributed by atoms with Crippen LogP contribution < -0.4 is 5.32 Å². The van der Waals surface area contributed by atoms with Gasteiger partial charge in [-0.25, -0.2) is 14.0 Å². The van der Waals surface area contributed by atoms with Crippen LogP contribution in [0.2, 0.25) is 0 Å². The van der Waals surface area contributed by atoms with E-state index in [1.54, 1.807) is 12.1 Å². The summed E-state index contributed by atoms with van der Waals surface area (Å²) in [5, 5.41) is 2.67. The third-order valence-corrected chi connectivity index (χ3v) is 3.86. The van der Waals surface area contributed by atoms with Crippen molar-refractivity contribution in [2.45, 2.75) is 13.2 Å². The average molecular weight is 362 g/mol. The summed E-state index contributed by atoms with van der Waals surface area (Å²) in [5.41, 5.74) is 1.49. The molecule has 1 aliphatic rings. The first kappa shape index (κ1) is 17.0. The zero-order valence-electron chi connectivity index (χ0n) is 13.1. The normalized spacial score (nSPS) is 16.6. The predicted molar refractivity (Wildman–Crippen MR) is 89.4 cm³/mol. The molecule has 0 radical (unpaired) electrons. The molecule has 5 nitrogen and oxygen atoms in total. The van der Waals surface area contributed by atoms with E-state index in [4.69, 9.17) is 21.1 Å². The zero-order chi connectivity index (χ0) is 18.0. The first-order valence-electron chi connectivity index (χ1n) is 7.35. The Morgan fingerprint density at radius 2 is 1.88 bits per heavy atom. The fourth-order valence-electron chi connectivity index (χ4n) is 2.20. The van der Waals surface area contributed by atoms with Crippen LogP contribution in [0.5, 0.6) is 0 Å². The van der Waals surface area contributed by atoms with Crippen molar-refractivity contribution in [3.05, 3.63) is 76.2 Å². The van der Waals surface area contributed by atoms with Crippen LogP contribution in [0.3, 0.4) is 0 Å². The van der Waals surface area contributed by atoms with Gasteiger partial charge >= 0.3 is 11.9 Å². The van der Waals surface area contributed by atoms with Gasteiger partial charge in [0.25, 0.3) is 6.29 Å². The Morgan fingerprint density at radius 1 is 1.20 bits per heavy atom. The number of cyclic esters (lactones) is 1. The van der Waals surface area contributed by atoms with E-state index < -0.39 is 24.0 Å². The number of hydrogen-bond donors (Lipinski definition) is 1. The largest absolute Gasteiger partial charge is 0.415 e. The van der Waals surface area contributed by atoms with Gasteiger partial charge in [-0.05, 0) is 31.2 Å². The molecule has 128 valence electrons.